The van der Waals surface area contributed by atoms with Gasteiger partial charge < -0.3 is 68.3 Å². The number of nitrogens with two attached hydrogens (primary N) is 2. The van der Waals surface area contributed by atoms with E-state index in [2.05, 4.69) is 71.4 Å². The van der Waals surface area contributed by atoms with Crippen molar-refractivity contribution in [3.63, 3.8) is 0 Å². The first-order valence-electron chi connectivity index (χ1n) is 29.0. The molecule has 10 aromatic rings. The first-order valence-corrected chi connectivity index (χ1v) is 29.7. The van der Waals surface area contributed by atoms with E-state index < -0.39 is 60.8 Å². The number of aromatic hydroxyl groups is 1. The number of carbonyl (C=O) groups is 3. The fraction of sp³-hybridized carbons (Fsp3) is 0.215. The first-order chi connectivity index (χ1) is 45.5. The van der Waals surface area contributed by atoms with Gasteiger partial charge in [-0.25, -0.2) is 47.5 Å². The Hall–Kier alpha value is -10.5. The third-order valence-electron chi connectivity index (χ3n) is 14.7. The molecule has 0 bridgehead atoms. The summed E-state index contributed by atoms with van der Waals surface area (Å²) in [4.78, 5) is 71.5. The zero-order valence-electron chi connectivity index (χ0n) is 51.8. The van der Waals surface area contributed by atoms with Crippen LogP contribution >= 0.6 is 23.2 Å². The van der Waals surface area contributed by atoms with Crippen molar-refractivity contribution in [3.8, 4) is 39.5 Å². The van der Waals surface area contributed by atoms with Crippen LogP contribution in [0.3, 0.4) is 0 Å². The maximum Gasteiger partial charge on any atom is 0.393 e. The molecular weight excluding hydrogens is 1300 g/mol. The van der Waals surface area contributed by atoms with Crippen LogP contribution < -0.4 is 38.1 Å². The SMILES string of the molecule is Cc1[nH]c(C(=O)NC(CO)c2ccc(F)cc2)c(C)c1-c1nc(NC(O)CC(F)(F)F)ncc1F.Cc1[nH]c(C(=O)NCc2ccc(F)cc2)c(C)c1-c1nc(Nc2ccc(Cl)cc2F)ncc1O.Cc1[nH]c(C(=O)N[C@H](CN)c2cccc(Cl)c2)c(C)c1-c1ccnc(N)n1. The van der Waals surface area contributed by atoms with Crippen LogP contribution in [0.5, 0.6) is 5.75 Å². The van der Waals surface area contributed by atoms with Crippen molar-refractivity contribution in [2.24, 2.45) is 5.73 Å². The number of aromatic amines is 3. The number of nitrogen functional groups attached to an aromatic ring is 1. The Balaban J connectivity index is 0.000000186. The number of aliphatic hydroxyl groups excluding tert-OH is 2. The molecule has 0 aliphatic rings. The van der Waals surface area contributed by atoms with Crippen molar-refractivity contribution in [1.82, 2.24) is 60.8 Å². The van der Waals surface area contributed by atoms with Gasteiger partial charge in [-0.05, 0) is 136 Å². The molecule has 0 aliphatic heterocycles. The minimum atomic E-state index is -4.65. The van der Waals surface area contributed by atoms with Crippen molar-refractivity contribution in [3.05, 3.63) is 217 Å². The zero-order chi connectivity index (χ0) is 69.9. The number of nitrogens with zero attached hydrogens (tertiary/aromatic N) is 6. The summed E-state index contributed by atoms with van der Waals surface area (Å²) < 4.78 is 92.4. The molecule has 0 fully saturated rings. The summed E-state index contributed by atoms with van der Waals surface area (Å²) >= 11 is 11.8. The van der Waals surface area contributed by atoms with Crippen LogP contribution in [0.25, 0.3) is 33.8 Å². The van der Waals surface area contributed by atoms with E-state index in [1.165, 1.54) is 68.6 Å². The number of aliphatic hydroxyl groups is 2. The highest BCUT2D eigenvalue weighted by atomic mass is 35.5. The maximum absolute atomic E-state index is 14.6. The summed E-state index contributed by atoms with van der Waals surface area (Å²) in [5.74, 6) is -4.00. The van der Waals surface area contributed by atoms with Gasteiger partial charge in [0.15, 0.2) is 11.6 Å². The third-order valence-corrected chi connectivity index (χ3v) is 15.2. The lowest BCUT2D eigenvalue weighted by Crippen LogP contribution is -2.34. The summed E-state index contributed by atoms with van der Waals surface area (Å²) in [7, 11) is 0. The van der Waals surface area contributed by atoms with Crippen LogP contribution in [0.15, 0.2) is 116 Å². The molecule has 3 atom stereocenters. The van der Waals surface area contributed by atoms with Crippen LogP contribution in [0.1, 0.15) is 100 Å². The average molecular weight is 1370 g/mol. The van der Waals surface area contributed by atoms with Gasteiger partial charge in [0, 0.05) is 63.1 Å². The first kappa shape index (κ1) is 71.4. The number of rotatable bonds is 19. The normalized spacial score (nSPS) is 12.1. The number of aryl methyl sites for hydroxylation is 3. The van der Waals surface area contributed by atoms with E-state index in [4.69, 9.17) is 34.7 Å². The van der Waals surface area contributed by atoms with Gasteiger partial charge in [-0.3, -0.25) is 14.4 Å². The van der Waals surface area contributed by atoms with Crippen molar-refractivity contribution in [2.45, 2.75) is 79.0 Å². The second-order valence-corrected chi connectivity index (χ2v) is 22.5. The van der Waals surface area contributed by atoms with Gasteiger partial charge in [0.25, 0.3) is 17.7 Å². The largest absolute Gasteiger partial charge is 0.504 e. The fourth-order valence-corrected chi connectivity index (χ4v) is 10.5. The van der Waals surface area contributed by atoms with Gasteiger partial charge in [-0.15, -0.1) is 0 Å². The van der Waals surface area contributed by atoms with E-state index >= 15 is 0 Å². The fourth-order valence-electron chi connectivity index (χ4n) is 10.2. The number of hydrogen-bond donors (Lipinski definition) is 13. The molecule has 31 heteroatoms. The zero-order valence-corrected chi connectivity index (χ0v) is 53.3. The molecule has 0 spiro atoms. The molecule has 96 heavy (non-hydrogen) atoms. The Bertz CT molecular complexity index is 4440. The molecule has 0 saturated heterocycles. The van der Waals surface area contributed by atoms with Gasteiger partial charge in [-0.1, -0.05) is 59.6 Å². The summed E-state index contributed by atoms with van der Waals surface area (Å²) in [5, 5.41) is 43.7. The number of carbonyl (C=O) groups excluding carboxylic acids is 3. The molecule has 2 unspecified atom stereocenters. The highest BCUT2D eigenvalue weighted by Crippen LogP contribution is 2.36. The summed E-state index contributed by atoms with van der Waals surface area (Å²) in [6.45, 7) is 10.2. The van der Waals surface area contributed by atoms with Gasteiger partial charge in [0.1, 0.15) is 52.1 Å². The molecule has 0 saturated carbocycles. The Morgan fingerprint density at radius 1 is 0.625 bits per heavy atom. The number of alkyl halides is 3. The predicted octanol–water partition coefficient (Wildman–Crippen LogP) is 11.7. The molecule has 15 N–H and O–H groups in total. The summed E-state index contributed by atoms with van der Waals surface area (Å²) in [6, 6.07) is 23.0. The van der Waals surface area contributed by atoms with Crippen LogP contribution in [-0.2, 0) is 6.54 Å². The van der Waals surface area contributed by atoms with Gasteiger partial charge >= 0.3 is 6.18 Å². The number of nitrogens with one attached hydrogen (secondary N) is 8. The molecule has 3 amide bonds. The topological polar surface area (TPSA) is 349 Å². The van der Waals surface area contributed by atoms with Crippen LogP contribution in [0.4, 0.5) is 54.3 Å². The molecule has 10 rings (SSSR count). The molecule has 6 heterocycles. The number of hydrogen-bond acceptors (Lipinski definition) is 16. The van der Waals surface area contributed by atoms with E-state index in [0.717, 1.165) is 40.2 Å². The van der Waals surface area contributed by atoms with Gasteiger partial charge in [-0.2, -0.15) is 13.2 Å². The smallest absolute Gasteiger partial charge is 0.393 e. The van der Waals surface area contributed by atoms with E-state index in [1.807, 2.05) is 26.0 Å². The maximum atomic E-state index is 14.6. The van der Waals surface area contributed by atoms with Crippen molar-refractivity contribution >= 4 is 64.5 Å². The molecule has 502 valence electrons. The quantitative estimate of drug-likeness (QED) is 0.0264. The minimum Gasteiger partial charge on any atom is -0.504 e. The lowest BCUT2D eigenvalue weighted by Gasteiger charge is -2.17. The molecule has 6 aromatic heterocycles. The molecule has 22 nitrogen and oxygen atoms in total. The Labute approximate surface area is 553 Å². The van der Waals surface area contributed by atoms with E-state index in [0.29, 0.717) is 50.2 Å². The second-order valence-electron chi connectivity index (χ2n) is 21.6. The lowest BCUT2D eigenvalue weighted by atomic mass is 10.0. The highest BCUT2D eigenvalue weighted by Gasteiger charge is 2.32. The van der Waals surface area contributed by atoms with E-state index in [1.54, 1.807) is 50.4 Å². The number of anilines is 4. The Kier molecular flexibility index (Phi) is 23.2. The average Bonchev–Trinajstić information content (AvgIpc) is 1.64. The molecule has 4 aromatic carbocycles. The van der Waals surface area contributed by atoms with Crippen molar-refractivity contribution in [1.29, 1.82) is 0 Å². The summed E-state index contributed by atoms with van der Waals surface area (Å²) in [6.07, 6.45) is -4.76. The van der Waals surface area contributed by atoms with Crippen LogP contribution in [0, 0.1) is 64.8 Å². The van der Waals surface area contributed by atoms with Crippen molar-refractivity contribution in [2.75, 3.05) is 29.5 Å². The number of amides is 3. The monoisotopic (exact) mass is 1370 g/mol. The van der Waals surface area contributed by atoms with Crippen LogP contribution in [-0.4, -0.2) is 103 Å². The number of aromatic nitrogens is 9. The number of benzene rings is 4. The molecule has 0 aliphatic carbocycles. The minimum absolute atomic E-state index is 0.0303. The van der Waals surface area contributed by atoms with Crippen molar-refractivity contribution < 1.29 is 60.4 Å². The Morgan fingerprint density at radius 3 is 1.76 bits per heavy atom. The van der Waals surface area contributed by atoms with E-state index in [-0.39, 0.29) is 93.3 Å². The second kappa shape index (κ2) is 31.2. The number of halogens is 9. The lowest BCUT2D eigenvalue weighted by molar-refractivity contribution is -0.150. The summed E-state index contributed by atoms with van der Waals surface area (Å²) in [5.41, 5.74) is 19.9. The van der Waals surface area contributed by atoms with Gasteiger partial charge in [0.05, 0.1) is 48.9 Å². The number of H-pyrrole nitrogens is 3. The highest BCUT2D eigenvalue weighted by molar-refractivity contribution is 6.31. The third kappa shape index (κ3) is 17.9. The van der Waals surface area contributed by atoms with E-state index in [9.17, 15) is 60.4 Å². The molecular formula is C65H63Cl2F7N16O6. The molecule has 0 radical (unpaired) electrons. The standard InChI is InChI=1S/C24H20ClF2N5O2.C22H22F5N5O3.C19H21ClN6O/c1-12-20(13(2)30-21(12)23(34)28-10-14-3-6-16(26)7-4-14)22-19(33)11-29-24(32-22)31-18-8-5-15(25)9-17(18)27;1-10-17(19-14(24)8-28-21(32-19)31-16(34)7-22(25,26)27)11(2)29-18(10)20(35)30-15(9-33)12-3-5-13(23)6-4-12;1-10-16(14-6-7-23-19(22)26-14)11(2)24-17(10)18(27)25-15(9-21)12-4-3-5-13(20)8-12/h3-9,11,30,33H,10H2,1-2H3,(H,28,34)(H,29,31,32);3-6,8,15-16,29,33-34H,7,9H2,1-2H3,(H,30,35)(H,28,31,32);3-8,15,24H,9,21H2,1-2H3,(H,25,27)(H2,22,23,26)/t;;15-/m..1/s1. The van der Waals surface area contributed by atoms with Gasteiger partial charge in [0.2, 0.25) is 17.8 Å². The Morgan fingerprint density at radius 2 is 1.18 bits per heavy atom. The van der Waals surface area contributed by atoms with Crippen LogP contribution in [0.2, 0.25) is 10.0 Å². The predicted molar refractivity (Wildman–Crippen MR) is 347 cm³/mol.